The van der Waals surface area contributed by atoms with Crippen molar-refractivity contribution >= 4 is 29.9 Å². The molecule has 88 valence electrons. The van der Waals surface area contributed by atoms with Gasteiger partial charge in [-0.3, -0.25) is 0 Å². The molecule has 0 atom stereocenters. The van der Waals surface area contributed by atoms with Gasteiger partial charge in [0.25, 0.3) is 0 Å². The maximum absolute atomic E-state index is 11.6. The number of hydrogen-bond acceptors (Lipinski definition) is 2. The summed E-state index contributed by atoms with van der Waals surface area (Å²) >= 11 is 0. The fourth-order valence-corrected chi connectivity index (χ4v) is 1.14. The molecular formula is C12H24O2Sn. The monoisotopic (exact) mass is 320 g/mol. The molecule has 0 saturated heterocycles. The van der Waals surface area contributed by atoms with E-state index in [-0.39, 0.29) is 41.9 Å². The normalized spacial score (nSPS) is 11.9. The summed E-state index contributed by atoms with van der Waals surface area (Å²) in [6.45, 7) is 11.9. The van der Waals surface area contributed by atoms with Crippen LogP contribution in [0, 0.1) is 11.8 Å². The second kappa shape index (κ2) is 8.19. The Morgan fingerprint density at radius 2 is 1.53 bits per heavy atom. The Balaban J connectivity index is 0. The number of ether oxygens (including phenoxy) is 1. The number of esters is 1. The van der Waals surface area contributed by atoms with Crippen LogP contribution < -0.4 is 0 Å². The van der Waals surface area contributed by atoms with Crippen molar-refractivity contribution in [2.24, 2.45) is 11.8 Å². The number of carbonyl (C=O) groups is 1. The molecule has 0 rings (SSSR count). The molecule has 2 nitrogen and oxygen atoms in total. The van der Waals surface area contributed by atoms with Crippen molar-refractivity contribution in [2.75, 3.05) is 0 Å². The molecule has 0 unspecified atom stereocenters. The van der Waals surface area contributed by atoms with E-state index in [0.29, 0.717) is 5.92 Å². The Labute approximate surface area is 110 Å². The van der Waals surface area contributed by atoms with Crippen molar-refractivity contribution in [1.82, 2.24) is 0 Å². The van der Waals surface area contributed by atoms with Crippen LogP contribution in [-0.4, -0.2) is 36.0 Å². The fourth-order valence-electron chi connectivity index (χ4n) is 1.14. The Morgan fingerprint density at radius 1 is 1.07 bits per heavy atom. The molecule has 0 aromatic rings. The topological polar surface area (TPSA) is 26.3 Å². The molecule has 2 radical (unpaired) electrons. The van der Waals surface area contributed by atoms with Crippen LogP contribution in [0.2, 0.25) is 0 Å². The molecular weight excluding hydrogens is 295 g/mol. The zero-order valence-corrected chi connectivity index (χ0v) is 14.9. The second-order valence-corrected chi connectivity index (χ2v) is 4.47. The zero-order valence-electron chi connectivity index (χ0n) is 10.8. The Hall–Kier alpha value is 0.00870. The van der Waals surface area contributed by atoms with Crippen molar-refractivity contribution in [1.29, 1.82) is 0 Å². The molecule has 0 bridgehead atoms. The Morgan fingerprint density at radius 3 is 1.80 bits per heavy atom. The first-order valence-electron chi connectivity index (χ1n) is 5.27. The van der Waals surface area contributed by atoms with E-state index in [2.05, 4.69) is 13.8 Å². The molecule has 0 N–H and O–H groups in total. The molecule has 0 fully saturated rings. The molecule has 0 saturated carbocycles. The van der Waals surface area contributed by atoms with E-state index < -0.39 is 0 Å². The van der Waals surface area contributed by atoms with Crippen molar-refractivity contribution in [3.63, 3.8) is 0 Å². The average Bonchev–Trinajstić information content (AvgIpc) is 1.97. The molecule has 15 heavy (non-hydrogen) atoms. The first-order chi connectivity index (χ1) is 6.34. The SMILES string of the molecule is CC(C)C=C(C(=O)OC(C)C)C(C)C.[SnH2]. The van der Waals surface area contributed by atoms with Gasteiger partial charge in [-0.25, -0.2) is 4.79 Å². The molecule has 0 aromatic heterocycles. The van der Waals surface area contributed by atoms with E-state index in [1.807, 2.05) is 33.8 Å². The molecule has 0 aliphatic rings. The summed E-state index contributed by atoms with van der Waals surface area (Å²) < 4.78 is 5.17. The van der Waals surface area contributed by atoms with E-state index >= 15 is 0 Å². The third kappa shape index (κ3) is 7.88. The molecule has 0 aromatic carbocycles. The average molecular weight is 319 g/mol. The number of carbonyl (C=O) groups excluding carboxylic acids is 1. The van der Waals surface area contributed by atoms with Gasteiger partial charge in [0.05, 0.1) is 6.10 Å². The van der Waals surface area contributed by atoms with Crippen LogP contribution in [0.3, 0.4) is 0 Å². The number of rotatable bonds is 4. The van der Waals surface area contributed by atoms with E-state index in [1.54, 1.807) is 0 Å². The minimum absolute atomic E-state index is 0. The predicted molar refractivity (Wildman–Crippen MR) is 67.5 cm³/mol. The summed E-state index contributed by atoms with van der Waals surface area (Å²) in [7, 11) is 0. The van der Waals surface area contributed by atoms with E-state index in [0.717, 1.165) is 5.57 Å². The quantitative estimate of drug-likeness (QED) is 0.451. The molecule has 0 heterocycles. The van der Waals surface area contributed by atoms with Gasteiger partial charge in [-0.05, 0) is 25.7 Å². The van der Waals surface area contributed by atoms with Gasteiger partial charge in [0, 0.05) is 5.57 Å². The zero-order chi connectivity index (χ0) is 11.3. The Kier molecular flexibility index (Phi) is 9.51. The number of allylic oxidation sites excluding steroid dienone is 1. The van der Waals surface area contributed by atoms with Crippen molar-refractivity contribution in [2.45, 2.75) is 47.6 Å². The van der Waals surface area contributed by atoms with Crippen LogP contribution in [0.25, 0.3) is 0 Å². The van der Waals surface area contributed by atoms with Gasteiger partial charge >= 0.3 is 29.9 Å². The minimum atomic E-state index is -0.177. The second-order valence-electron chi connectivity index (χ2n) is 4.47. The third-order valence-electron chi connectivity index (χ3n) is 1.71. The van der Waals surface area contributed by atoms with Crippen LogP contribution in [0.4, 0.5) is 0 Å². The summed E-state index contributed by atoms with van der Waals surface area (Å²) in [4.78, 5) is 11.6. The fraction of sp³-hybridized carbons (Fsp3) is 0.750. The standard InChI is InChI=1S/C12H22O2.Sn.2H/c1-8(2)7-11(9(3)4)12(13)14-10(5)6;;;/h7-10H,1-6H3;;;. The van der Waals surface area contributed by atoms with Crippen LogP contribution in [-0.2, 0) is 9.53 Å². The summed E-state index contributed by atoms with van der Waals surface area (Å²) in [6, 6.07) is 0. The van der Waals surface area contributed by atoms with Crippen LogP contribution in [0.15, 0.2) is 11.6 Å². The Bertz CT molecular complexity index is 218. The number of hydrogen-bond donors (Lipinski definition) is 0. The van der Waals surface area contributed by atoms with Gasteiger partial charge in [0.15, 0.2) is 0 Å². The van der Waals surface area contributed by atoms with Gasteiger partial charge < -0.3 is 4.74 Å². The van der Waals surface area contributed by atoms with Gasteiger partial charge in [0.1, 0.15) is 0 Å². The van der Waals surface area contributed by atoms with Crippen LogP contribution in [0.1, 0.15) is 41.5 Å². The van der Waals surface area contributed by atoms with E-state index in [1.165, 1.54) is 0 Å². The van der Waals surface area contributed by atoms with Gasteiger partial charge in [-0.2, -0.15) is 0 Å². The third-order valence-corrected chi connectivity index (χ3v) is 1.71. The van der Waals surface area contributed by atoms with Crippen LogP contribution in [0.5, 0.6) is 0 Å². The van der Waals surface area contributed by atoms with Crippen molar-refractivity contribution in [3.8, 4) is 0 Å². The molecule has 3 heteroatoms. The van der Waals surface area contributed by atoms with Gasteiger partial charge in [0.2, 0.25) is 0 Å². The summed E-state index contributed by atoms with van der Waals surface area (Å²) in [5, 5.41) is 0. The van der Waals surface area contributed by atoms with E-state index in [4.69, 9.17) is 4.74 Å². The van der Waals surface area contributed by atoms with Gasteiger partial charge in [-0.15, -0.1) is 0 Å². The molecule has 0 aliphatic carbocycles. The summed E-state index contributed by atoms with van der Waals surface area (Å²) in [5.74, 6) is 0.430. The maximum atomic E-state index is 11.6. The molecule has 0 amide bonds. The van der Waals surface area contributed by atoms with Gasteiger partial charge in [-0.1, -0.05) is 33.8 Å². The predicted octanol–water partition coefficient (Wildman–Crippen LogP) is 2.26. The summed E-state index contributed by atoms with van der Waals surface area (Å²) in [6.07, 6.45) is 1.94. The molecule has 0 spiro atoms. The summed E-state index contributed by atoms with van der Waals surface area (Å²) in [5.41, 5.74) is 0.786. The first-order valence-corrected chi connectivity index (χ1v) is 5.27. The molecule has 0 aliphatic heterocycles. The van der Waals surface area contributed by atoms with Crippen molar-refractivity contribution < 1.29 is 9.53 Å². The van der Waals surface area contributed by atoms with Crippen molar-refractivity contribution in [3.05, 3.63) is 11.6 Å². The first kappa shape index (κ1) is 17.4. The van der Waals surface area contributed by atoms with Crippen LogP contribution >= 0.6 is 0 Å². The van der Waals surface area contributed by atoms with E-state index in [9.17, 15) is 4.79 Å².